The highest BCUT2D eigenvalue weighted by Crippen LogP contribution is 2.20. The predicted molar refractivity (Wildman–Crippen MR) is 66.4 cm³/mol. The van der Waals surface area contributed by atoms with E-state index in [9.17, 15) is 9.59 Å². The second kappa shape index (κ2) is 6.64. The molecule has 0 aromatic heterocycles. The van der Waals surface area contributed by atoms with Crippen molar-refractivity contribution in [3.63, 3.8) is 0 Å². The molecule has 0 saturated carbocycles. The Morgan fingerprint density at radius 1 is 1.33 bits per heavy atom. The summed E-state index contributed by atoms with van der Waals surface area (Å²) in [4.78, 5) is 22.2. The van der Waals surface area contributed by atoms with Gasteiger partial charge in [0.25, 0.3) is 0 Å². The molecule has 98 valence electrons. The maximum absolute atomic E-state index is 11.4. The van der Waals surface area contributed by atoms with E-state index in [1.807, 2.05) is 0 Å². The highest BCUT2D eigenvalue weighted by atomic mass is 16.5. The number of hydrogen-bond acceptors (Lipinski definition) is 3. The molecule has 0 spiro atoms. The Labute approximate surface area is 106 Å². The highest BCUT2D eigenvalue weighted by molar-refractivity contribution is 5.77. The lowest BCUT2D eigenvalue weighted by atomic mass is 10.0. The molecule has 2 N–H and O–H groups in total. The third-order valence-corrected chi connectivity index (χ3v) is 2.55. The average Bonchev–Trinajstić information content (AvgIpc) is 2.37. The second-order valence-electron chi connectivity index (χ2n) is 3.84. The predicted octanol–water partition coefficient (Wildman–Crippen LogP) is 1.74. The maximum atomic E-state index is 11.4. The molecule has 0 aliphatic carbocycles. The molecule has 0 fully saturated rings. The van der Waals surface area contributed by atoms with Gasteiger partial charge in [0.05, 0.1) is 19.6 Å². The summed E-state index contributed by atoms with van der Waals surface area (Å²) in [6.07, 6.45) is 0.185. The van der Waals surface area contributed by atoms with Gasteiger partial charge in [0.2, 0.25) is 5.91 Å². The first-order chi connectivity index (χ1) is 8.56. The normalized spacial score (nSPS) is 11.7. The van der Waals surface area contributed by atoms with Crippen LogP contribution in [0.4, 0.5) is 0 Å². The molecule has 0 aliphatic rings. The van der Waals surface area contributed by atoms with Crippen molar-refractivity contribution in [2.75, 3.05) is 7.11 Å². The number of carbonyl (C=O) groups excluding carboxylic acids is 1. The Kier molecular flexibility index (Phi) is 5.17. The number of amides is 1. The fourth-order valence-corrected chi connectivity index (χ4v) is 1.56. The molecular weight excluding hydrogens is 234 g/mol. The number of ether oxygens (including phenoxy) is 1. The topological polar surface area (TPSA) is 75.6 Å². The fourth-order valence-electron chi connectivity index (χ4n) is 1.56. The Bertz CT molecular complexity index is 414. The SMILES string of the molecule is CCC(=O)NC(CC(=O)O)c1ccc(OC)cc1. The number of nitrogens with one attached hydrogen (secondary N) is 1. The van der Waals surface area contributed by atoms with Gasteiger partial charge in [-0.25, -0.2) is 0 Å². The third-order valence-electron chi connectivity index (χ3n) is 2.55. The fraction of sp³-hybridized carbons (Fsp3) is 0.385. The molecule has 0 aliphatic heterocycles. The van der Waals surface area contributed by atoms with E-state index in [1.165, 1.54) is 0 Å². The summed E-state index contributed by atoms with van der Waals surface area (Å²) in [5, 5.41) is 11.5. The summed E-state index contributed by atoms with van der Waals surface area (Å²) in [6, 6.07) is 6.47. The van der Waals surface area contributed by atoms with E-state index in [2.05, 4.69) is 5.32 Å². The Morgan fingerprint density at radius 3 is 2.39 bits per heavy atom. The number of rotatable bonds is 6. The van der Waals surface area contributed by atoms with Crippen LogP contribution in [0.3, 0.4) is 0 Å². The van der Waals surface area contributed by atoms with Gasteiger partial charge in [0.1, 0.15) is 5.75 Å². The zero-order valence-electron chi connectivity index (χ0n) is 10.5. The first-order valence-corrected chi connectivity index (χ1v) is 5.72. The summed E-state index contributed by atoms with van der Waals surface area (Å²) in [5.41, 5.74) is 0.750. The molecule has 1 aromatic carbocycles. The van der Waals surface area contributed by atoms with Gasteiger partial charge in [0.15, 0.2) is 0 Å². The first-order valence-electron chi connectivity index (χ1n) is 5.72. The number of carbonyl (C=O) groups is 2. The minimum absolute atomic E-state index is 0.141. The molecule has 18 heavy (non-hydrogen) atoms. The number of benzene rings is 1. The van der Waals surface area contributed by atoms with E-state index < -0.39 is 12.0 Å². The van der Waals surface area contributed by atoms with Crippen LogP contribution in [0.1, 0.15) is 31.4 Å². The van der Waals surface area contributed by atoms with Gasteiger partial charge in [-0.15, -0.1) is 0 Å². The van der Waals surface area contributed by atoms with E-state index in [1.54, 1.807) is 38.3 Å². The number of hydrogen-bond donors (Lipinski definition) is 2. The molecule has 0 bridgehead atoms. The number of carboxylic acid groups (broad SMARTS) is 1. The van der Waals surface area contributed by atoms with Crippen LogP contribution in [0.25, 0.3) is 0 Å². The maximum Gasteiger partial charge on any atom is 0.305 e. The molecule has 1 aromatic rings. The molecule has 5 heteroatoms. The van der Waals surface area contributed by atoms with E-state index >= 15 is 0 Å². The van der Waals surface area contributed by atoms with Crippen molar-refractivity contribution in [2.24, 2.45) is 0 Å². The van der Waals surface area contributed by atoms with Crippen molar-refractivity contribution in [3.05, 3.63) is 29.8 Å². The smallest absolute Gasteiger partial charge is 0.305 e. The first kappa shape index (κ1) is 14.0. The van der Waals surface area contributed by atoms with Crippen LogP contribution in [0.5, 0.6) is 5.75 Å². The zero-order chi connectivity index (χ0) is 13.5. The van der Waals surface area contributed by atoms with E-state index in [0.29, 0.717) is 12.2 Å². The molecule has 0 radical (unpaired) electrons. The summed E-state index contributed by atoms with van der Waals surface area (Å²) in [7, 11) is 1.56. The molecule has 1 amide bonds. The summed E-state index contributed by atoms with van der Waals surface area (Å²) in [6.45, 7) is 1.72. The molecule has 0 saturated heterocycles. The number of carboxylic acids is 1. The van der Waals surface area contributed by atoms with Gasteiger partial charge in [-0.2, -0.15) is 0 Å². The number of aliphatic carboxylic acids is 1. The lowest BCUT2D eigenvalue weighted by Gasteiger charge is -2.17. The van der Waals surface area contributed by atoms with Crippen molar-refractivity contribution < 1.29 is 19.4 Å². The van der Waals surface area contributed by atoms with Gasteiger partial charge >= 0.3 is 5.97 Å². The van der Waals surface area contributed by atoms with Crippen molar-refractivity contribution in [3.8, 4) is 5.75 Å². The summed E-state index contributed by atoms with van der Waals surface area (Å²) in [5.74, 6) is -0.432. The van der Waals surface area contributed by atoms with E-state index in [-0.39, 0.29) is 12.3 Å². The summed E-state index contributed by atoms with van der Waals surface area (Å²) >= 11 is 0. The molecular formula is C13H17NO4. The third kappa shape index (κ3) is 4.08. The molecule has 5 nitrogen and oxygen atoms in total. The minimum atomic E-state index is -0.952. The Morgan fingerprint density at radius 2 is 1.94 bits per heavy atom. The van der Waals surface area contributed by atoms with Crippen LogP contribution in [-0.2, 0) is 9.59 Å². The molecule has 1 unspecified atom stereocenters. The van der Waals surface area contributed by atoms with E-state index in [4.69, 9.17) is 9.84 Å². The Balaban J connectivity index is 2.86. The van der Waals surface area contributed by atoms with Crippen molar-refractivity contribution >= 4 is 11.9 Å². The highest BCUT2D eigenvalue weighted by Gasteiger charge is 2.17. The van der Waals surface area contributed by atoms with Crippen LogP contribution < -0.4 is 10.1 Å². The molecule has 1 atom stereocenters. The van der Waals surface area contributed by atoms with Gasteiger partial charge in [-0.3, -0.25) is 9.59 Å². The van der Waals surface area contributed by atoms with Crippen molar-refractivity contribution in [1.29, 1.82) is 0 Å². The van der Waals surface area contributed by atoms with Crippen LogP contribution in [0.15, 0.2) is 24.3 Å². The molecule has 0 heterocycles. The van der Waals surface area contributed by atoms with Crippen molar-refractivity contribution in [2.45, 2.75) is 25.8 Å². The summed E-state index contributed by atoms with van der Waals surface area (Å²) < 4.78 is 5.03. The van der Waals surface area contributed by atoms with Gasteiger partial charge in [-0.05, 0) is 17.7 Å². The van der Waals surface area contributed by atoms with E-state index in [0.717, 1.165) is 5.56 Å². The zero-order valence-corrected chi connectivity index (χ0v) is 10.5. The van der Waals surface area contributed by atoms with Crippen LogP contribution in [0.2, 0.25) is 0 Å². The standard InChI is InChI=1S/C13H17NO4/c1-3-12(15)14-11(8-13(16)17)9-4-6-10(18-2)7-5-9/h4-7,11H,3,8H2,1-2H3,(H,14,15)(H,16,17). The number of methoxy groups -OCH3 is 1. The largest absolute Gasteiger partial charge is 0.497 e. The average molecular weight is 251 g/mol. The van der Waals surface area contributed by atoms with Crippen LogP contribution >= 0.6 is 0 Å². The van der Waals surface area contributed by atoms with Gasteiger partial charge in [0, 0.05) is 6.42 Å². The lowest BCUT2D eigenvalue weighted by molar-refractivity contribution is -0.137. The minimum Gasteiger partial charge on any atom is -0.497 e. The monoisotopic (exact) mass is 251 g/mol. The molecule has 1 rings (SSSR count). The van der Waals surface area contributed by atoms with Crippen LogP contribution in [0, 0.1) is 0 Å². The van der Waals surface area contributed by atoms with Crippen LogP contribution in [-0.4, -0.2) is 24.1 Å². The van der Waals surface area contributed by atoms with Gasteiger partial charge in [-0.1, -0.05) is 19.1 Å². The van der Waals surface area contributed by atoms with Crippen molar-refractivity contribution in [1.82, 2.24) is 5.32 Å². The lowest BCUT2D eigenvalue weighted by Crippen LogP contribution is -2.29. The van der Waals surface area contributed by atoms with Gasteiger partial charge < -0.3 is 15.2 Å². The second-order valence-corrected chi connectivity index (χ2v) is 3.84. The quantitative estimate of drug-likeness (QED) is 0.807. The Hall–Kier alpha value is -2.04.